The quantitative estimate of drug-likeness (QED) is 0.211. The van der Waals surface area contributed by atoms with E-state index in [1.165, 1.54) is 10.6 Å². The van der Waals surface area contributed by atoms with E-state index < -0.39 is 23.2 Å². The van der Waals surface area contributed by atoms with Crippen molar-refractivity contribution in [1.29, 1.82) is 0 Å². The van der Waals surface area contributed by atoms with Gasteiger partial charge in [-0.2, -0.15) is 10.1 Å². The molecule has 1 saturated heterocycles. The maximum Gasteiger partial charge on any atom is 0.410 e. The van der Waals surface area contributed by atoms with Gasteiger partial charge in [-0.25, -0.2) is 23.5 Å². The lowest BCUT2D eigenvalue weighted by Gasteiger charge is -2.41. The molecule has 1 amide bonds. The number of aromatic amines is 1. The van der Waals surface area contributed by atoms with Gasteiger partial charge in [0.1, 0.15) is 34.4 Å². The SMILES string of the molecule is CC(C)c1nccc(OCCCO)c1-n1c(=O)nc(N2CCN(C(=O)OC(C)(C)C)C[C@@H]2C)c2cc(F)c(-c3cccc4cn[nH]c34)nc21. The van der Waals surface area contributed by atoms with Crippen molar-refractivity contribution in [2.24, 2.45) is 0 Å². The Balaban J connectivity index is 1.57. The van der Waals surface area contributed by atoms with E-state index in [-0.39, 0.29) is 42.3 Å². The number of ether oxygens (including phenoxy) is 2. The zero-order chi connectivity index (χ0) is 35.0. The van der Waals surface area contributed by atoms with Gasteiger partial charge in [-0.05, 0) is 39.7 Å². The number of benzene rings is 1. The molecule has 0 saturated carbocycles. The number of H-pyrrole nitrogens is 1. The highest BCUT2D eigenvalue weighted by Gasteiger charge is 2.33. The molecule has 2 N–H and O–H groups in total. The molecule has 6 rings (SSSR count). The van der Waals surface area contributed by atoms with Crippen LogP contribution in [0.1, 0.15) is 59.6 Å². The average Bonchev–Trinajstić information content (AvgIpc) is 3.53. The molecular weight excluding hydrogens is 631 g/mol. The number of hydrogen-bond donors (Lipinski definition) is 2. The molecule has 49 heavy (non-hydrogen) atoms. The van der Waals surface area contributed by atoms with Crippen molar-refractivity contribution in [2.45, 2.75) is 65.5 Å². The minimum Gasteiger partial charge on any atom is -0.491 e. The Labute approximate surface area is 282 Å². The van der Waals surface area contributed by atoms with E-state index in [1.807, 2.05) is 52.5 Å². The van der Waals surface area contributed by atoms with Gasteiger partial charge in [0, 0.05) is 61.9 Å². The molecule has 4 aromatic heterocycles. The second kappa shape index (κ2) is 13.4. The van der Waals surface area contributed by atoms with Crippen LogP contribution in [-0.4, -0.2) is 90.3 Å². The lowest BCUT2D eigenvalue weighted by molar-refractivity contribution is 0.0218. The zero-order valence-electron chi connectivity index (χ0n) is 28.5. The van der Waals surface area contributed by atoms with Crippen LogP contribution < -0.4 is 15.3 Å². The Morgan fingerprint density at radius 3 is 2.69 bits per heavy atom. The van der Waals surface area contributed by atoms with E-state index in [0.717, 1.165) is 5.39 Å². The van der Waals surface area contributed by atoms with E-state index >= 15 is 4.39 Å². The summed E-state index contributed by atoms with van der Waals surface area (Å²) in [6.45, 7) is 12.3. The van der Waals surface area contributed by atoms with Gasteiger partial charge in [-0.15, -0.1) is 0 Å². The second-order valence-corrected chi connectivity index (χ2v) is 13.5. The molecular formula is C35H41FN8O5. The van der Waals surface area contributed by atoms with Gasteiger partial charge in [0.25, 0.3) is 0 Å². The molecule has 14 heteroatoms. The first-order valence-electron chi connectivity index (χ1n) is 16.4. The summed E-state index contributed by atoms with van der Waals surface area (Å²) in [6.07, 6.45) is 3.20. The zero-order valence-corrected chi connectivity index (χ0v) is 28.5. The van der Waals surface area contributed by atoms with E-state index in [4.69, 9.17) is 14.5 Å². The number of aliphatic hydroxyl groups is 1. The molecule has 13 nitrogen and oxygen atoms in total. The molecule has 1 aliphatic heterocycles. The third-order valence-corrected chi connectivity index (χ3v) is 8.33. The first kappa shape index (κ1) is 33.8. The molecule has 5 heterocycles. The number of para-hydroxylation sites is 1. The average molecular weight is 673 g/mol. The fraction of sp³-hybridized carbons (Fsp3) is 0.429. The first-order chi connectivity index (χ1) is 23.4. The Bertz CT molecular complexity index is 2070. The number of rotatable bonds is 8. The van der Waals surface area contributed by atoms with Crippen molar-refractivity contribution in [2.75, 3.05) is 37.7 Å². The third kappa shape index (κ3) is 6.64. The summed E-state index contributed by atoms with van der Waals surface area (Å²) in [6, 6.07) is 8.11. The number of anilines is 1. The summed E-state index contributed by atoms with van der Waals surface area (Å²) in [5, 5.41) is 17.6. The monoisotopic (exact) mass is 672 g/mol. The number of pyridine rings is 2. The maximum atomic E-state index is 16.4. The molecule has 258 valence electrons. The molecule has 1 fully saturated rings. The van der Waals surface area contributed by atoms with Crippen LogP contribution in [0.3, 0.4) is 0 Å². The molecule has 5 aromatic rings. The summed E-state index contributed by atoms with van der Waals surface area (Å²) >= 11 is 0. The number of aromatic nitrogens is 6. The summed E-state index contributed by atoms with van der Waals surface area (Å²) in [5.74, 6) is -0.147. The number of nitrogens with zero attached hydrogens (tertiary/aromatic N) is 7. The molecule has 1 aromatic carbocycles. The number of amides is 1. The first-order valence-corrected chi connectivity index (χ1v) is 16.4. The number of piperazine rings is 1. The van der Waals surface area contributed by atoms with E-state index in [0.29, 0.717) is 59.7 Å². The molecule has 1 aliphatic rings. The van der Waals surface area contributed by atoms with Crippen LogP contribution in [0.4, 0.5) is 15.0 Å². The number of fused-ring (bicyclic) bond motifs is 2. The topological polar surface area (TPSA) is 152 Å². The molecule has 0 bridgehead atoms. The van der Waals surface area contributed by atoms with Crippen molar-refractivity contribution >= 4 is 33.8 Å². The Kier molecular flexibility index (Phi) is 9.25. The highest BCUT2D eigenvalue weighted by molar-refractivity contribution is 5.96. The number of carbonyl (C=O) groups is 1. The fourth-order valence-corrected chi connectivity index (χ4v) is 6.11. The molecule has 0 unspecified atom stereocenters. The summed E-state index contributed by atoms with van der Waals surface area (Å²) < 4.78 is 29.4. The molecule has 1 atom stereocenters. The van der Waals surface area contributed by atoms with Gasteiger partial charge in [-0.1, -0.05) is 32.0 Å². The van der Waals surface area contributed by atoms with Crippen LogP contribution in [0.2, 0.25) is 0 Å². The molecule has 0 radical (unpaired) electrons. The number of hydrogen-bond acceptors (Lipinski definition) is 10. The minimum absolute atomic E-state index is 0.0215. The molecule has 0 aliphatic carbocycles. The standard InChI is InChI=1S/C35H41FN8O5/c1-20(2)27-30(26(11-12-37-27)48-16-8-15-45)44-32-24(17-25(36)29(39-32)23-10-7-9-22-18-38-41-28(22)23)31(40-33(44)46)43-14-13-42(19-21(43)3)34(47)49-35(4,5)6/h7,9-12,17-18,20-21,45H,8,13-16,19H2,1-6H3,(H,38,41)/t21-/m0/s1. The van der Waals surface area contributed by atoms with Gasteiger partial charge in [0.15, 0.2) is 5.65 Å². The lowest BCUT2D eigenvalue weighted by atomic mass is 10.1. The van der Waals surface area contributed by atoms with Crippen LogP contribution in [-0.2, 0) is 4.74 Å². The van der Waals surface area contributed by atoms with Crippen molar-refractivity contribution in [1.82, 2.24) is 34.6 Å². The maximum absolute atomic E-state index is 16.4. The van der Waals surface area contributed by atoms with Gasteiger partial charge in [-0.3, -0.25) is 10.1 Å². The highest BCUT2D eigenvalue weighted by Crippen LogP contribution is 2.36. The van der Waals surface area contributed by atoms with Crippen molar-refractivity contribution in [3.05, 3.63) is 64.7 Å². The molecule has 0 spiro atoms. The van der Waals surface area contributed by atoms with Gasteiger partial charge < -0.3 is 24.4 Å². The Morgan fingerprint density at radius 2 is 1.98 bits per heavy atom. The van der Waals surface area contributed by atoms with Crippen molar-refractivity contribution < 1.29 is 23.8 Å². The Hall–Kier alpha value is -5.11. The van der Waals surface area contributed by atoms with Crippen LogP contribution in [0.5, 0.6) is 5.75 Å². The van der Waals surface area contributed by atoms with E-state index in [2.05, 4.69) is 20.2 Å². The van der Waals surface area contributed by atoms with Gasteiger partial charge in [0.2, 0.25) is 0 Å². The van der Waals surface area contributed by atoms with E-state index in [9.17, 15) is 14.7 Å². The van der Waals surface area contributed by atoms with Crippen molar-refractivity contribution in [3.63, 3.8) is 0 Å². The summed E-state index contributed by atoms with van der Waals surface area (Å²) in [7, 11) is 0. The number of carbonyl (C=O) groups excluding carboxylic acids is 1. The van der Waals surface area contributed by atoms with E-state index in [1.54, 1.807) is 35.5 Å². The summed E-state index contributed by atoms with van der Waals surface area (Å²) in [4.78, 5) is 44.8. The number of halogens is 1. The predicted molar refractivity (Wildman–Crippen MR) is 184 cm³/mol. The normalized spacial score (nSPS) is 15.4. The Morgan fingerprint density at radius 1 is 1.18 bits per heavy atom. The number of aliphatic hydroxyl groups excluding tert-OH is 1. The van der Waals surface area contributed by atoms with Crippen LogP contribution in [0.25, 0.3) is 38.9 Å². The third-order valence-electron chi connectivity index (χ3n) is 8.33. The fourth-order valence-electron chi connectivity index (χ4n) is 6.11. The second-order valence-electron chi connectivity index (χ2n) is 13.5. The van der Waals surface area contributed by atoms with Crippen molar-refractivity contribution in [3.8, 4) is 22.7 Å². The minimum atomic E-state index is -0.656. The van der Waals surface area contributed by atoms with Crippen LogP contribution in [0, 0.1) is 5.82 Å². The predicted octanol–water partition coefficient (Wildman–Crippen LogP) is 5.19. The summed E-state index contributed by atoms with van der Waals surface area (Å²) in [5.41, 5.74) is 0.847. The van der Waals surface area contributed by atoms with Crippen LogP contribution >= 0.6 is 0 Å². The van der Waals surface area contributed by atoms with Gasteiger partial charge in [0.05, 0.1) is 29.4 Å². The highest BCUT2D eigenvalue weighted by atomic mass is 19.1. The number of nitrogens with one attached hydrogen (secondary N) is 1. The largest absolute Gasteiger partial charge is 0.491 e. The van der Waals surface area contributed by atoms with Crippen LogP contribution in [0.15, 0.2) is 47.5 Å². The lowest BCUT2D eigenvalue weighted by Crippen LogP contribution is -2.55. The van der Waals surface area contributed by atoms with Gasteiger partial charge >= 0.3 is 11.8 Å². The smallest absolute Gasteiger partial charge is 0.410 e.